The van der Waals surface area contributed by atoms with Crippen molar-refractivity contribution in [2.24, 2.45) is 5.92 Å². The van der Waals surface area contributed by atoms with Crippen LogP contribution in [0.25, 0.3) is 0 Å². The van der Waals surface area contributed by atoms with Gasteiger partial charge >= 0.3 is 0 Å². The molecule has 5 nitrogen and oxygen atoms in total. The molecule has 0 unspecified atom stereocenters. The van der Waals surface area contributed by atoms with Crippen LogP contribution in [-0.4, -0.2) is 33.9 Å². The molecule has 0 atom stereocenters. The van der Waals surface area contributed by atoms with Gasteiger partial charge in [-0.1, -0.05) is 38.1 Å². The van der Waals surface area contributed by atoms with Crippen LogP contribution in [0.4, 0.5) is 5.82 Å². The predicted octanol–water partition coefficient (Wildman–Crippen LogP) is 3.13. The molecule has 24 heavy (non-hydrogen) atoms. The fourth-order valence-electron chi connectivity index (χ4n) is 2.85. The lowest BCUT2D eigenvalue weighted by Crippen LogP contribution is -2.36. The maximum Gasteiger partial charge on any atom is 0.274 e. The van der Waals surface area contributed by atoms with E-state index in [0.717, 1.165) is 31.7 Å². The Morgan fingerprint density at radius 3 is 2.71 bits per heavy atom. The Kier molecular flexibility index (Phi) is 5.08. The Morgan fingerprint density at radius 2 is 2.00 bits per heavy atom. The minimum atomic E-state index is -0.0502. The van der Waals surface area contributed by atoms with E-state index in [0.29, 0.717) is 18.2 Å². The first-order valence-electron chi connectivity index (χ1n) is 8.55. The summed E-state index contributed by atoms with van der Waals surface area (Å²) in [5.41, 5.74) is 2.96. The molecule has 1 aliphatic rings. The third-order valence-electron chi connectivity index (χ3n) is 4.32. The van der Waals surface area contributed by atoms with E-state index in [2.05, 4.69) is 41.3 Å². The van der Waals surface area contributed by atoms with E-state index in [1.165, 1.54) is 11.1 Å². The van der Waals surface area contributed by atoms with Gasteiger partial charge in [-0.15, -0.1) is 0 Å². The number of nitrogens with one attached hydrogen (secondary N) is 1. The number of benzene rings is 1. The molecule has 0 fully saturated rings. The highest BCUT2D eigenvalue weighted by atomic mass is 16.2. The molecule has 1 aromatic carbocycles. The van der Waals surface area contributed by atoms with Crippen LogP contribution in [0.1, 0.15) is 41.9 Å². The van der Waals surface area contributed by atoms with Crippen molar-refractivity contribution < 1.29 is 4.79 Å². The van der Waals surface area contributed by atoms with Gasteiger partial charge in [-0.05, 0) is 29.9 Å². The number of carbonyl (C=O) groups is 1. The third kappa shape index (κ3) is 3.91. The number of fused-ring (bicyclic) bond motifs is 1. The van der Waals surface area contributed by atoms with Gasteiger partial charge in [-0.3, -0.25) is 4.79 Å². The van der Waals surface area contributed by atoms with Crippen molar-refractivity contribution in [2.75, 3.05) is 18.4 Å². The first kappa shape index (κ1) is 16.4. The van der Waals surface area contributed by atoms with Crippen LogP contribution in [0, 0.1) is 5.92 Å². The molecule has 0 aliphatic carbocycles. The molecule has 1 aliphatic heterocycles. The lowest BCUT2D eigenvalue weighted by atomic mass is 10.00. The Labute approximate surface area is 143 Å². The van der Waals surface area contributed by atoms with Crippen molar-refractivity contribution in [2.45, 2.75) is 33.2 Å². The summed E-state index contributed by atoms with van der Waals surface area (Å²) < 4.78 is 0. The van der Waals surface area contributed by atoms with Crippen molar-refractivity contribution in [1.82, 2.24) is 14.9 Å². The zero-order valence-electron chi connectivity index (χ0n) is 14.3. The Hall–Kier alpha value is -2.43. The molecule has 1 amide bonds. The molecular formula is C19H24N4O. The van der Waals surface area contributed by atoms with Gasteiger partial charge in [0.2, 0.25) is 0 Å². The molecule has 1 N–H and O–H groups in total. The van der Waals surface area contributed by atoms with Crippen molar-refractivity contribution >= 4 is 11.7 Å². The lowest BCUT2D eigenvalue weighted by Gasteiger charge is -2.28. The van der Waals surface area contributed by atoms with Crippen LogP contribution in [0.2, 0.25) is 0 Å². The summed E-state index contributed by atoms with van der Waals surface area (Å²) in [6.07, 6.45) is 5.19. The zero-order chi connectivity index (χ0) is 16.9. The molecule has 2 aromatic rings. The number of carbonyl (C=O) groups excluding carboxylic acids is 1. The predicted molar refractivity (Wildman–Crippen MR) is 94.9 cm³/mol. The Morgan fingerprint density at radius 1 is 1.21 bits per heavy atom. The average Bonchev–Trinajstić information content (AvgIpc) is 2.61. The second-order valence-corrected chi connectivity index (χ2v) is 6.64. The molecule has 2 heterocycles. The molecule has 1 aromatic heterocycles. The molecule has 0 saturated heterocycles. The van der Waals surface area contributed by atoms with Gasteiger partial charge < -0.3 is 10.2 Å². The minimum Gasteiger partial charge on any atom is -0.369 e. The van der Waals surface area contributed by atoms with E-state index in [1.807, 2.05) is 17.0 Å². The van der Waals surface area contributed by atoms with Gasteiger partial charge in [0.15, 0.2) is 0 Å². The molecule has 0 spiro atoms. The van der Waals surface area contributed by atoms with Crippen LogP contribution in [0.15, 0.2) is 36.7 Å². The minimum absolute atomic E-state index is 0.0502. The number of hydrogen-bond acceptors (Lipinski definition) is 4. The van der Waals surface area contributed by atoms with Gasteiger partial charge in [0.1, 0.15) is 11.5 Å². The number of aromatic nitrogens is 2. The average molecular weight is 324 g/mol. The van der Waals surface area contributed by atoms with Gasteiger partial charge in [0, 0.05) is 19.6 Å². The number of anilines is 1. The lowest BCUT2D eigenvalue weighted by molar-refractivity contribution is 0.0728. The highest BCUT2D eigenvalue weighted by Gasteiger charge is 2.22. The van der Waals surface area contributed by atoms with Crippen molar-refractivity contribution in [3.63, 3.8) is 0 Å². The van der Waals surface area contributed by atoms with E-state index in [9.17, 15) is 4.79 Å². The quantitative estimate of drug-likeness (QED) is 0.918. The molecule has 0 radical (unpaired) electrons. The number of hydrogen-bond donors (Lipinski definition) is 1. The normalized spacial score (nSPS) is 13.7. The van der Waals surface area contributed by atoms with E-state index in [4.69, 9.17) is 0 Å². The van der Waals surface area contributed by atoms with Crippen LogP contribution in [-0.2, 0) is 13.0 Å². The fraction of sp³-hybridized carbons (Fsp3) is 0.421. The number of nitrogens with zero attached hydrogens (tertiary/aromatic N) is 3. The number of amides is 1. The van der Waals surface area contributed by atoms with Gasteiger partial charge in [0.25, 0.3) is 5.91 Å². The summed E-state index contributed by atoms with van der Waals surface area (Å²) in [5, 5.41) is 3.24. The summed E-state index contributed by atoms with van der Waals surface area (Å²) in [6, 6.07) is 8.29. The standard InChI is InChI=1S/C19H24N4O/c1-14(2)7-9-20-18-12-21-17(11-22-18)19(24)23-10-8-15-5-3-4-6-16(15)13-23/h3-6,11-12,14H,7-10,13H2,1-2H3,(H,20,22). The van der Waals surface area contributed by atoms with Crippen molar-refractivity contribution in [3.05, 3.63) is 53.5 Å². The summed E-state index contributed by atoms with van der Waals surface area (Å²) in [7, 11) is 0. The molecule has 0 saturated carbocycles. The summed E-state index contributed by atoms with van der Waals surface area (Å²) in [5.74, 6) is 1.32. The molecule has 3 rings (SSSR count). The Balaban J connectivity index is 1.61. The third-order valence-corrected chi connectivity index (χ3v) is 4.32. The molecule has 126 valence electrons. The summed E-state index contributed by atoms with van der Waals surface area (Å²) >= 11 is 0. The first-order chi connectivity index (χ1) is 11.6. The fourth-order valence-corrected chi connectivity index (χ4v) is 2.85. The van der Waals surface area contributed by atoms with Crippen molar-refractivity contribution in [3.8, 4) is 0 Å². The van der Waals surface area contributed by atoms with Gasteiger partial charge in [-0.2, -0.15) is 0 Å². The van der Waals surface area contributed by atoms with Crippen molar-refractivity contribution in [1.29, 1.82) is 0 Å². The SMILES string of the molecule is CC(C)CCNc1cnc(C(=O)N2CCc3ccccc3C2)cn1. The first-order valence-corrected chi connectivity index (χ1v) is 8.55. The summed E-state index contributed by atoms with van der Waals surface area (Å²) in [4.78, 5) is 23.1. The summed E-state index contributed by atoms with van der Waals surface area (Å²) in [6.45, 7) is 6.61. The van der Waals surface area contributed by atoms with Gasteiger partial charge in [-0.25, -0.2) is 9.97 Å². The second-order valence-electron chi connectivity index (χ2n) is 6.64. The van der Waals surface area contributed by atoms with E-state index in [-0.39, 0.29) is 5.91 Å². The Bertz CT molecular complexity index is 697. The van der Waals surface area contributed by atoms with E-state index < -0.39 is 0 Å². The highest BCUT2D eigenvalue weighted by Crippen LogP contribution is 2.19. The van der Waals surface area contributed by atoms with E-state index in [1.54, 1.807) is 12.4 Å². The smallest absolute Gasteiger partial charge is 0.274 e. The highest BCUT2D eigenvalue weighted by molar-refractivity contribution is 5.92. The molecular weight excluding hydrogens is 300 g/mol. The maximum absolute atomic E-state index is 12.6. The monoisotopic (exact) mass is 324 g/mol. The van der Waals surface area contributed by atoms with Crippen LogP contribution in [0.3, 0.4) is 0 Å². The molecule has 0 bridgehead atoms. The van der Waals surface area contributed by atoms with Crippen LogP contribution < -0.4 is 5.32 Å². The zero-order valence-corrected chi connectivity index (χ0v) is 14.3. The second kappa shape index (κ2) is 7.43. The van der Waals surface area contributed by atoms with Gasteiger partial charge in [0.05, 0.1) is 12.4 Å². The largest absolute Gasteiger partial charge is 0.369 e. The van der Waals surface area contributed by atoms with E-state index >= 15 is 0 Å². The maximum atomic E-state index is 12.6. The topological polar surface area (TPSA) is 58.1 Å². The van der Waals surface area contributed by atoms with Crippen LogP contribution >= 0.6 is 0 Å². The molecule has 5 heteroatoms. The van der Waals surface area contributed by atoms with Crippen LogP contribution in [0.5, 0.6) is 0 Å². The number of rotatable bonds is 5.